The summed E-state index contributed by atoms with van der Waals surface area (Å²) in [5, 5.41) is 31.1. The second-order valence-electron chi connectivity index (χ2n) is 8.58. The number of carbonyl (C=O) groups is 2. The molecule has 0 aromatic carbocycles. The number of carboxylic acids is 1. The van der Waals surface area contributed by atoms with E-state index in [-0.39, 0.29) is 5.97 Å². The van der Waals surface area contributed by atoms with E-state index in [9.17, 15) is 24.9 Å². The first-order valence-corrected chi connectivity index (χ1v) is 9.19. The first kappa shape index (κ1) is 18.3. The van der Waals surface area contributed by atoms with E-state index in [0.29, 0.717) is 19.3 Å². The van der Waals surface area contributed by atoms with Crippen LogP contribution in [0.25, 0.3) is 0 Å². The summed E-state index contributed by atoms with van der Waals surface area (Å²) >= 11 is 0. The second kappa shape index (κ2) is 5.69. The summed E-state index contributed by atoms with van der Waals surface area (Å²) in [7, 11) is 0. The molecule has 27 heavy (non-hydrogen) atoms. The molecule has 1 saturated heterocycles. The van der Waals surface area contributed by atoms with Crippen LogP contribution in [-0.2, 0) is 14.3 Å². The van der Waals surface area contributed by atoms with Crippen LogP contribution in [0.2, 0.25) is 0 Å². The maximum absolute atomic E-state index is 12.8. The number of aliphatic carboxylic acids is 1. The minimum atomic E-state index is -2.31. The number of furan rings is 1. The third-order valence-electron chi connectivity index (χ3n) is 7.34. The zero-order valence-corrected chi connectivity index (χ0v) is 15.3. The number of rotatable bonds is 2. The van der Waals surface area contributed by atoms with Gasteiger partial charge in [-0.15, -0.1) is 0 Å². The number of esters is 1. The molecule has 3 N–H and O–H groups in total. The van der Waals surface area contributed by atoms with Crippen molar-refractivity contribution in [3.05, 3.63) is 36.3 Å². The van der Waals surface area contributed by atoms with Gasteiger partial charge in [-0.2, -0.15) is 0 Å². The fourth-order valence-electron chi connectivity index (χ4n) is 5.76. The van der Waals surface area contributed by atoms with Crippen LogP contribution in [0.4, 0.5) is 0 Å². The van der Waals surface area contributed by atoms with E-state index in [4.69, 9.17) is 9.15 Å². The van der Waals surface area contributed by atoms with Gasteiger partial charge in [0.05, 0.1) is 18.4 Å². The molecule has 0 radical (unpaired) electrons. The van der Waals surface area contributed by atoms with Gasteiger partial charge in [-0.1, -0.05) is 26.0 Å². The van der Waals surface area contributed by atoms with Gasteiger partial charge < -0.3 is 24.5 Å². The lowest BCUT2D eigenvalue weighted by Crippen LogP contribution is -2.69. The van der Waals surface area contributed by atoms with E-state index in [1.807, 2.05) is 6.92 Å². The highest BCUT2D eigenvalue weighted by Crippen LogP contribution is 2.65. The van der Waals surface area contributed by atoms with Crippen molar-refractivity contribution in [2.45, 2.75) is 50.9 Å². The average Bonchev–Trinajstić information content (AvgIpc) is 3.12. The molecule has 146 valence electrons. The highest BCUT2D eigenvalue weighted by molar-refractivity contribution is 5.81. The van der Waals surface area contributed by atoms with E-state index in [0.717, 1.165) is 5.56 Å². The molecule has 0 bridgehead atoms. The zero-order chi connectivity index (χ0) is 19.6. The second-order valence-corrected chi connectivity index (χ2v) is 8.58. The zero-order valence-electron chi connectivity index (χ0n) is 15.3. The largest absolute Gasteiger partial charge is 0.479 e. The fourth-order valence-corrected chi connectivity index (χ4v) is 5.76. The van der Waals surface area contributed by atoms with Crippen LogP contribution in [0.15, 0.2) is 35.2 Å². The van der Waals surface area contributed by atoms with E-state index in [1.165, 1.54) is 18.6 Å². The Balaban J connectivity index is 1.80. The molecular weight excluding hydrogens is 352 g/mol. The quantitative estimate of drug-likeness (QED) is 0.534. The van der Waals surface area contributed by atoms with Gasteiger partial charge in [0.2, 0.25) is 0 Å². The summed E-state index contributed by atoms with van der Waals surface area (Å²) < 4.78 is 10.8. The summed E-state index contributed by atoms with van der Waals surface area (Å²) in [5.74, 6) is -2.55. The number of fused-ring (bicyclic) bond motifs is 3. The first-order chi connectivity index (χ1) is 12.6. The fraction of sp³-hybridized carbons (Fsp3) is 0.600. The number of hydrogen-bond donors (Lipinski definition) is 3. The SMILES string of the molecule is C[C@]12C[C@H](c3ccoc3)OC(=O)[C@H]1CC[C@@]1(C)[C@@H]2C=C[C@@H](O)[C@]1(O)C(=O)O. The Bertz CT molecular complexity index is 799. The molecule has 0 spiro atoms. The third kappa shape index (κ3) is 2.21. The highest BCUT2D eigenvalue weighted by Gasteiger charge is 2.69. The third-order valence-corrected chi connectivity index (χ3v) is 7.34. The van der Waals surface area contributed by atoms with Crippen LogP contribution in [0.5, 0.6) is 0 Å². The molecule has 0 amide bonds. The monoisotopic (exact) mass is 376 g/mol. The van der Waals surface area contributed by atoms with Gasteiger partial charge in [-0.25, -0.2) is 4.79 Å². The minimum absolute atomic E-state index is 0.299. The van der Waals surface area contributed by atoms with E-state index in [2.05, 4.69) is 0 Å². The van der Waals surface area contributed by atoms with Crippen molar-refractivity contribution in [2.75, 3.05) is 0 Å². The molecule has 1 aliphatic heterocycles. The maximum Gasteiger partial charge on any atom is 0.339 e. The van der Waals surface area contributed by atoms with Crippen molar-refractivity contribution >= 4 is 11.9 Å². The smallest absolute Gasteiger partial charge is 0.339 e. The molecule has 1 saturated carbocycles. The summed E-state index contributed by atoms with van der Waals surface area (Å²) in [5.41, 5.74) is -3.29. The first-order valence-electron chi connectivity index (χ1n) is 9.19. The standard InChI is InChI=1S/C20H24O7/c1-18-9-13(11-6-8-26-10-11)27-16(22)12(18)5-7-19(2)14(18)3-4-15(21)20(19,25)17(23)24/h3-4,6,8,10,12-15,21,25H,5,7,9H2,1-2H3,(H,23,24)/t12-,13-,14-,15-,18+,19+,20+/m1/s1. The normalized spacial score (nSPS) is 46.3. The number of carboxylic acid groups (broad SMARTS) is 1. The topological polar surface area (TPSA) is 117 Å². The number of hydrogen-bond acceptors (Lipinski definition) is 6. The van der Waals surface area contributed by atoms with Crippen LogP contribution in [0.1, 0.15) is 44.8 Å². The van der Waals surface area contributed by atoms with Gasteiger partial charge in [0.15, 0.2) is 5.60 Å². The molecule has 4 rings (SSSR count). The van der Waals surface area contributed by atoms with Crippen LogP contribution in [0, 0.1) is 22.7 Å². The van der Waals surface area contributed by atoms with Crippen molar-refractivity contribution < 1.29 is 34.1 Å². The van der Waals surface area contributed by atoms with E-state index < -0.39 is 46.4 Å². The number of ether oxygens (including phenoxy) is 1. The molecule has 3 aliphatic rings. The molecule has 2 fully saturated rings. The van der Waals surface area contributed by atoms with Crippen LogP contribution in [0.3, 0.4) is 0 Å². The Kier molecular flexibility index (Phi) is 3.85. The Morgan fingerprint density at radius 2 is 2.04 bits per heavy atom. The average molecular weight is 376 g/mol. The number of cyclic esters (lactones) is 1. The van der Waals surface area contributed by atoms with Crippen molar-refractivity contribution in [1.29, 1.82) is 0 Å². The lowest BCUT2D eigenvalue weighted by Gasteiger charge is -2.62. The lowest BCUT2D eigenvalue weighted by molar-refractivity contribution is -0.232. The van der Waals surface area contributed by atoms with Crippen molar-refractivity contribution in [2.24, 2.45) is 22.7 Å². The molecule has 7 heteroatoms. The molecule has 2 aliphatic carbocycles. The Labute approximate surface area is 156 Å². The minimum Gasteiger partial charge on any atom is -0.479 e. The molecule has 7 nitrogen and oxygen atoms in total. The Morgan fingerprint density at radius 1 is 1.30 bits per heavy atom. The number of allylic oxidation sites excluding steroid dienone is 1. The van der Waals surface area contributed by atoms with Crippen molar-refractivity contribution in [3.8, 4) is 0 Å². The van der Waals surface area contributed by atoms with E-state index >= 15 is 0 Å². The number of aliphatic hydroxyl groups is 2. The summed E-state index contributed by atoms with van der Waals surface area (Å²) in [4.78, 5) is 24.8. The Morgan fingerprint density at radius 3 is 2.67 bits per heavy atom. The lowest BCUT2D eigenvalue weighted by atomic mass is 9.43. The molecule has 0 unspecified atom stereocenters. The number of aliphatic hydroxyl groups excluding tert-OH is 1. The molecule has 1 aromatic rings. The Hall–Kier alpha value is -2.12. The van der Waals surface area contributed by atoms with Gasteiger partial charge in [-0.3, -0.25) is 4.79 Å². The van der Waals surface area contributed by atoms with Gasteiger partial charge in [0, 0.05) is 11.0 Å². The van der Waals surface area contributed by atoms with Gasteiger partial charge in [0.25, 0.3) is 0 Å². The predicted octanol–water partition coefficient (Wildman–Crippen LogP) is 2.05. The molecule has 7 atom stereocenters. The van der Waals surface area contributed by atoms with Crippen molar-refractivity contribution in [1.82, 2.24) is 0 Å². The van der Waals surface area contributed by atoms with Gasteiger partial charge in [0.1, 0.15) is 12.2 Å². The van der Waals surface area contributed by atoms with Gasteiger partial charge in [-0.05, 0) is 36.7 Å². The van der Waals surface area contributed by atoms with Crippen LogP contribution >= 0.6 is 0 Å². The number of carbonyl (C=O) groups excluding carboxylic acids is 1. The van der Waals surface area contributed by atoms with Crippen LogP contribution < -0.4 is 0 Å². The summed E-state index contributed by atoms with van der Waals surface area (Å²) in [6, 6.07) is 1.75. The summed E-state index contributed by atoms with van der Waals surface area (Å²) in [6.07, 6.45) is 5.37. The molecule has 2 heterocycles. The highest BCUT2D eigenvalue weighted by atomic mass is 16.5. The van der Waals surface area contributed by atoms with Crippen LogP contribution in [-0.4, -0.2) is 39.0 Å². The van der Waals surface area contributed by atoms with Gasteiger partial charge >= 0.3 is 11.9 Å². The molecule has 1 aromatic heterocycles. The van der Waals surface area contributed by atoms with Crippen molar-refractivity contribution in [3.63, 3.8) is 0 Å². The summed E-state index contributed by atoms with van der Waals surface area (Å²) in [6.45, 7) is 3.66. The maximum atomic E-state index is 12.8. The van der Waals surface area contributed by atoms with E-state index in [1.54, 1.807) is 19.1 Å². The predicted molar refractivity (Wildman–Crippen MR) is 92.3 cm³/mol. The molecular formula is C20H24O7.